The molecule has 1 unspecified atom stereocenters. The molecule has 5 heteroatoms. The smallest absolute Gasteiger partial charge is 0.162 e. The van der Waals surface area contributed by atoms with Crippen molar-refractivity contribution >= 4 is 0 Å². The summed E-state index contributed by atoms with van der Waals surface area (Å²) in [7, 11) is 3.25. The van der Waals surface area contributed by atoms with E-state index in [0.717, 1.165) is 32.3 Å². The summed E-state index contributed by atoms with van der Waals surface area (Å²) in [6.45, 7) is 4.54. The van der Waals surface area contributed by atoms with E-state index in [1.807, 2.05) is 6.08 Å². The van der Waals surface area contributed by atoms with Crippen molar-refractivity contribution in [2.45, 2.75) is 56.9 Å². The summed E-state index contributed by atoms with van der Waals surface area (Å²) in [5.74, 6) is 0.0273. The van der Waals surface area contributed by atoms with Crippen LogP contribution in [0.5, 0.6) is 0 Å². The van der Waals surface area contributed by atoms with E-state index in [9.17, 15) is 5.11 Å². The van der Waals surface area contributed by atoms with E-state index in [-0.39, 0.29) is 30.5 Å². The van der Waals surface area contributed by atoms with Gasteiger partial charge in [0.25, 0.3) is 0 Å². The van der Waals surface area contributed by atoms with Gasteiger partial charge in [0.1, 0.15) is 0 Å². The van der Waals surface area contributed by atoms with Gasteiger partial charge in [0, 0.05) is 33.2 Å². The van der Waals surface area contributed by atoms with E-state index < -0.39 is 6.10 Å². The van der Waals surface area contributed by atoms with Crippen LogP contribution in [0.1, 0.15) is 32.1 Å². The molecule has 1 aliphatic heterocycles. The molecular formula is C16H28O5. The van der Waals surface area contributed by atoms with Crippen molar-refractivity contribution in [3.63, 3.8) is 0 Å². The second-order valence-corrected chi connectivity index (χ2v) is 5.88. The first-order valence-corrected chi connectivity index (χ1v) is 7.82. The van der Waals surface area contributed by atoms with Gasteiger partial charge in [0.15, 0.2) is 12.6 Å². The Balaban J connectivity index is 2.07. The molecule has 0 aromatic heterocycles. The Morgan fingerprint density at radius 2 is 2.10 bits per heavy atom. The lowest BCUT2D eigenvalue weighted by atomic mass is 9.90. The maximum atomic E-state index is 10.4. The van der Waals surface area contributed by atoms with Crippen molar-refractivity contribution in [3.05, 3.63) is 12.7 Å². The minimum Gasteiger partial charge on any atom is -0.393 e. The van der Waals surface area contributed by atoms with Crippen LogP contribution in [-0.2, 0) is 18.9 Å². The lowest BCUT2D eigenvalue weighted by Gasteiger charge is -2.33. The maximum absolute atomic E-state index is 10.4. The van der Waals surface area contributed by atoms with E-state index >= 15 is 0 Å². The van der Waals surface area contributed by atoms with Crippen LogP contribution in [0.3, 0.4) is 0 Å². The van der Waals surface area contributed by atoms with Crippen molar-refractivity contribution in [1.29, 1.82) is 0 Å². The number of methoxy groups -OCH3 is 2. The predicted octanol–water partition coefficient (Wildman–Crippen LogP) is 2.09. The van der Waals surface area contributed by atoms with E-state index in [4.69, 9.17) is 18.9 Å². The summed E-state index contributed by atoms with van der Waals surface area (Å²) in [5.41, 5.74) is 0. The van der Waals surface area contributed by atoms with Crippen LogP contribution in [0.2, 0.25) is 0 Å². The van der Waals surface area contributed by atoms with Gasteiger partial charge >= 0.3 is 0 Å². The number of rotatable bonds is 7. The number of hydrogen-bond donors (Lipinski definition) is 1. The molecule has 122 valence electrons. The molecule has 0 spiro atoms. The highest BCUT2D eigenvalue weighted by Gasteiger charge is 2.48. The van der Waals surface area contributed by atoms with Gasteiger partial charge in [0.05, 0.1) is 12.2 Å². The zero-order valence-corrected chi connectivity index (χ0v) is 13.1. The lowest BCUT2D eigenvalue weighted by molar-refractivity contribution is -0.227. The molecule has 0 bridgehead atoms. The number of allylic oxidation sites excluding steroid dienone is 1. The molecule has 5 atom stereocenters. The molecule has 0 amide bonds. The molecule has 1 saturated carbocycles. The molecule has 1 saturated heterocycles. The standard InChI is InChI=1S/C16H28O5/c1-4-7-11-12(17)10-13(15(11)16(18-2)19-3)21-14-8-5-6-9-20-14/h4,11-17H,1,5-10H2,2-3H3/t11-,12-,13+,14?,15+/m0/s1. The van der Waals surface area contributed by atoms with Crippen LogP contribution in [0.15, 0.2) is 12.7 Å². The molecule has 1 heterocycles. The highest BCUT2D eigenvalue weighted by molar-refractivity contribution is 4.96. The van der Waals surface area contributed by atoms with Gasteiger partial charge in [-0.05, 0) is 31.6 Å². The van der Waals surface area contributed by atoms with Crippen molar-refractivity contribution in [1.82, 2.24) is 0 Å². The molecule has 0 radical (unpaired) electrons. The van der Waals surface area contributed by atoms with Gasteiger partial charge in [0.2, 0.25) is 0 Å². The van der Waals surface area contributed by atoms with E-state index in [1.165, 1.54) is 0 Å². The molecule has 1 N–H and O–H groups in total. The van der Waals surface area contributed by atoms with Gasteiger partial charge in [-0.2, -0.15) is 0 Å². The molecule has 2 rings (SSSR count). The minimum atomic E-state index is -0.422. The van der Waals surface area contributed by atoms with Gasteiger partial charge in [-0.15, -0.1) is 6.58 Å². The zero-order chi connectivity index (χ0) is 15.2. The third kappa shape index (κ3) is 4.05. The van der Waals surface area contributed by atoms with Crippen LogP contribution in [-0.4, -0.2) is 50.7 Å². The second-order valence-electron chi connectivity index (χ2n) is 5.88. The Hall–Kier alpha value is -0.460. The molecule has 21 heavy (non-hydrogen) atoms. The Morgan fingerprint density at radius 3 is 2.67 bits per heavy atom. The molecule has 0 aromatic rings. The monoisotopic (exact) mass is 300 g/mol. The zero-order valence-electron chi connectivity index (χ0n) is 13.1. The summed E-state index contributed by atoms with van der Waals surface area (Å²) in [5, 5.41) is 10.4. The average Bonchev–Trinajstić information content (AvgIpc) is 2.79. The number of aliphatic hydroxyl groups is 1. The van der Waals surface area contributed by atoms with Crippen LogP contribution < -0.4 is 0 Å². The lowest BCUT2D eigenvalue weighted by Crippen LogP contribution is -2.39. The topological polar surface area (TPSA) is 57.2 Å². The highest BCUT2D eigenvalue weighted by Crippen LogP contribution is 2.41. The van der Waals surface area contributed by atoms with Crippen molar-refractivity contribution in [2.24, 2.45) is 11.8 Å². The van der Waals surface area contributed by atoms with Crippen molar-refractivity contribution in [3.8, 4) is 0 Å². The first-order chi connectivity index (χ1) is 10.2. The van der Waals surface area contributed by atoms with Crippen molar-refractivity contribution in [2.75, 3.05) is 20.8 Å². The number of aliphatic hydroxyl groups excluding tert-OH is 1. The molecule has 0 aromatic carbocycles. The van der Waals surface area contributed by atoms with Gasteiger partial charge in [-0.3, -0.25) is 0 Å². The van der Waals surface area contributed by atoms with Crippen LogP contribution >= 0.6 is 0 Å². The number of hydrogen-bond acceptors (Lipinski definition) is 5. The molecule has 1 aliphatic carbocycles. The highest BCUT2D eigenvalue weighted by atomic mass is 16.7. The second kappa shape index (κ2) is 8.25. The minimum absolute atomic E-state index is 0.0153. The van der Waals surface area contributed by atoms with Gasteiger partial charge in [-0.25, -0.2) is 0 Å². The van der Waals surface area contributed by atoms with E-state index in [0.29, 0.717) is 6.42 Å². The van der Waals surface area contributed by atoms with Gasteiger partial charge < -0.3 is 24.1 Å². The Kier molecular flexibility index (Phi) is 6.64. The molecule has 5 nitrogen and oxygen atoms in total. The molecular weight excluding hydrogens is 272 g/mol. The SMILES string of the molecule is C=CC[C@@H]1[C@@H](C(OC)OC)[C@H](OC2CCCCO2)C[C@@H]1O. The number of ether oxygens (including phenoxy) is 4. The van der Waals surface area contributed by atoms with Crippen molar-refractivity contribution < 1.29 is 24.1 Å². The summed E-state index contributed by atoms with van der Waals surface area (Å²) < 4.78 is 22.7. The fraction of sp³-hybridized carbons (Fsp3) is 0.875. The summed E-state index contributed by atoms with van der Waals surface area (Å²) >= 11 is 0. The molecule has 2 fully saturated rings. The predicted molar refractivity (Wildman–Crippen MR) is 78.7 cm³/mol. The van der Waals surface area contributed by atoms with E-state index in [1.54, 1.807) is 14.2 Å². The fourth-order valence-corrected chi connectivity index (χ4v) is 3.56. The van der Waals surface area contributed by atoms with E-state index in [2.05, 4.69) is 6.58 Å². The first kappa shape index (κ1) is 16.9. The van der Waals surface area contributed by atoms with Crippen LogP contribution in [0.25, 0.3) is 0 Å². The average molecular weight is 300 g/mol. The normalized spacial score (nSPS) is 37.0. The maximum Gasteiger partial charge on any atom is 0.162 e. The van der Waals surface area contributed by atoms with Crippen LogP contribution in [0.4, 0.5) is 0 Å². The summed E-state index contributed by atoms with van der Waals surface area (Å²) in [6, 6.07) is 0. The quantitative estimate of drug-likeness (QED) is 0.576. The molecule has 2 aliphatic rings. The third-order valence-corrected chi connectivity index (χ3v) is 4.57. The largest absolute Gasteiger partial charge is 0.393 e. The summed E-state index contributed by atoms with van der Waals surface area (Å²) in [4.78, 5) is 0. The van der Waals surface area contributed by atoms with Crippen LogP contribution in [0, 0.1) is 11.8 Å². The Morgan fingerprint density at radius 1 is 1.33 bits per heavy atom. The summed E-state index contributed by atoms with van der Waals surface area (Å²) in [6.07, 6.45) is 5.18. The third-order valence-electron chi connectivity index (χ3n) is 4.57. The Bertz CT molecular complexity index is 312. The first-order valence-electron chi connectivity index (χ1n) is 7.82. The fourth-order valence-electron chi connectivity index (χ4n) is 3.56. The van der Waals surface area contributed by atoms with Gasteiger partial charge in [-0.1, -0.05) is 6.08 Å². The Labute approximate surface area is 127 Å².